The second-order valence-electron chi connectivity index (χ2n) is 5.72. The van der Waals surface area contributed by atoms with Crippen LogP contribution in [0.2, 0.25) is 0 Å². The van der Waals surface area contributed by atoms with Gasteiger partial charge in [0, 0.05) is 10.0 Å². The van der Waals surface area contributed by atoms with Gasteiger partial charge in [-0.1, -0.05) is 59.0 Å². The summed E-state index contributed by atoms with van der Waals surface area (Å²) in [5, 5.41) is 0. The fourth-order valence-electron chi connectivity index (χ4n) is 2.61. The Kier molecular flexibility index (Phi) is 6.57. The van der Waals surface area contributed by atoms with E-state index in [0.717, 1.165) is 22.2 Å². The van der Waals surface area contributed by atoms with Crippen LogP contribution in [0.4, 0.5) is 5.69 Å². The molecule has 1 heterocycles. The van der Waals surface area contributed by atoms with Gasteiger partial charge in [0.15, 0.2) is 4.32 Å². The van der Waals surface area contributed by atoms with E-state index in [4.69, 9.17) is 21.7 Å². The first kappa shape index (κ1) is 19.9. The highest BCUT2D eigenvalue weighted by atomic mass is 79.9. The van der Waals surface area contributed by atoms with Crippen molar-refractivity contribution in [3.63, 3.8) is 0 Å². The Morgan fingerprint density at radius 1 is 1.22 bits per heavy atom. The van der Waals surface area contributed by atoms with Crippen molar-refractivity contribution in [1.82, 2.24) is 0 Å². The van der Waals surface area contributed by atoms with Crippen molar-refractivity contribution in [1.29, 1.82) is 0 Å². The Balaban J connectivity index is 1.97. The zero-order chi connectivity index (χ0) is 19.4. The van der Waals surface area contributed by atoms with Crippen molar-refractivity contribution in [3.05, 3.63) is 57.4 Å². The number of amides is 1. The molecule has 27 heavy (non-hydrogen) atoms. The highest BCUT2D eigenvalue weighted by Gasteiger charge is 2.35. The van der Waals surface area contributed by atoms with Crippen LogP contribution in [0.25, 0.3) is 6.08 Å². The van der Waals surface area contributed by atoms with Gasteiger partial charge in [-0.15, -0.1) is 0 Å². The first-order valence-electron chi connectivity index (χ1n) is 8.38. The predicted molar refractivity (Wildman–Crippen MR) is 119 cm³/mol. The van der Waals surface area contributed by atoms with Crippen LogP contribution in [0.15, 0.2) is 51.8 Å². The highest BCUT2D eigenvalue weighted by molar-refractivity contribution is 9.10. The molecule has 0 unspecified atom stereocenters. The molecule has 140 valence electrons. The van der Waals surface area contributed by atoms with Gasteiger partial charge in [0.05, 0.1) is 24.3 Å². The summed E-state index contributed by atoms with van der Waals surface area (Å²) in [6.45, 7) is 2.67. The lowest BCUT2D eigenvalue weighted by Gasteiger charge is -2.17. The molecule has 0 spiro atoms. The molecule has 1 saturated heterocycles. The van der Waals surface area contributed by atoms with Gasteiger partial charge in [-0.3, -0.25) is 9.69 Å². The number of thioether (sulfide) groups is 1. The second-order valence-corrected chi connectivity index (χ2v) is 8.31. The van der Waals surface area contributed by atoms with Crippen LogP contribution in [0.5, 0.6) is 11.5 Å². The van der Waals surface area contributed by atoms with E-state index < -0.39 is 0 Å². The molecule has 0 N–H and O–H groups in total. The van der Waals surface area contributed by atoms with E-state index in [1.165, 1.54) is 16.7 Å². The van der Waals surface area contributed by atoms with E-state index in [1.54, 1.807) is 7.11 Å². The molecule has 1 fully saturated rings. The largest absolute Gasteiger partial charge is 0.495 e. The van der Waals surface area contributed by atoms with Crippen LogP contribution in [-0.4, -0.2) is 23.9 Å². The number of halogens is 1. The zero-order valence-electron chi connectivity index (χ0n) is 14.9. The number of hydrogen-bond donors (Lipinski definition) is 0. The summed E-state index contributed by atoms with van der Waals surface area (Å²) in [7, 11) is 1.57. The van der Waals surface area contributed by atoms with Gasteiger partial charge in [-0.2, -0.15) is 0 Å². The Morgan fingerprint density at radius 2 is 2.00 bits per heavy atom. The number of para-hydroxylation sites is 2. The number of carbonyl (C=O) groups is 1. The number of thiocarbonyl (C=S) groups is 1. The summed E-state index contributed by atoms with van der Waals surface area (Å²) in [6.07, 6.45) is 2.73. The fourth-order valence-corrected chi connectivity index (χ4v) is 4.26. The molecular weight excluding hydrogens is 446 g/mol. The highest BCUT2D eigenvalue weighted by Crippen LogP contribution is 2.40. The Bertz CT molecular complexity index is 914. The summed E-state index contributed by atoms with van der Waals surface area (Å²) in [6, 6.07) is 13.1. The summed E-state index contributed by atoms with van der Waals surface area (Å²) in [4.78, 5) is 15.1. The van der Waals surface area contributed by atoms with Crippen molar-refractivity contribution >= 4 is 61.9 Å². The van der Waals surface area contributed by atoms with Crippen molar-refractivity contribution in [2.24, 2.45) is 0 Å². The lowest BCUT2D eigenvalue weighted by atomic mass is 10.1. The maximum Gasteiger partial charge on any atom is 0.270 e. The predicted octanol–water partition coefficient (Wildman–Crippen LogP) is 5.65. The zero-order valence-corrected chi connectivity index (χ0v) is 18.1. The van der Waals surface area contributed by atoms with Crippen molar-refractivity contribution in [2.75, 3.05) is 18.6 Å². The summed E-state index contributed by atoms with van der Waals surface area (Å²) >= 11 is 10.2. The maximum absolute atomic E-state index is 13.0. The molecule has 1 aliphatic rings. The molecular formula is C20H18BrNO3S2. The van der Waals surface area contributed by atoms with Crippen LogP contribution in [0, 0.1) is 0 Å². The van der Waals surface area contributed by atoms with Gasteiger partial charge in [0.25, 0.3) is 5.91 Å². The summed E-state index contributed by atoms with van der Waals surface area (Å²) in [5.74, 6) is 1.17. The normalized spacial score (nSPS) is 15.5. The molecule has 1 aliphatic heterocycles. The quantitative estimate of drug-likeness (QED) is 0.408. The molecule has 0 atom stereocenters. The van der Waals surface area contributed by atoms with Gasteiger partial charge in [-0.25, -0.2) is 0 Å². The first-order chi connectivity index (χ1) is 13.0. The number of nitrogens with zero attached hydrogens (tertiary/aromatic N) is 1. The molecule has 3 rings (SSSR count). The monoisotopic (exact) mass is 463 g/mol. The molecule has 0 radical (unpaired) electrons. The molecule has 0 aromatic heterocycles. The van der Waals surface area contributed by atoms with E-state index in [-0.39, 0.29) is 5.91 Å². The molecule has 0 bridgehead atoms. The molecule has 1 amide bonds. The SMILES string of the molecule is CCCOc1ccc(Br)cc1/C=C1/SC(=S)N(c2ccccc2OC)C1=O. The minimum Gasteiger partial charge on any atom is -0.495 e. The first-order valence-corrected chi connectivity index (χ1v) is 10.4. The molecule has 0 aliphatic carbocycles. The third-order valence-corrected chi connectivity index (χ3v) is 5.64. The molecule has 2 aromatic rings. The number of hydrogen-bond acceptors (Lipinski definition) is 5. The Hall–Kier alpha value is -1.83. The van der Waals surface area contributed by atoms with Gasteiger partial charge in [0.1, 0.15) is 11.5 Å². The minimum atomic E-state index is -0.170. The van der Waals surface area contributed by atoms with E-state index in [9.17, 15) is 4.79 Å². The third-order valence-electron chi connectivity index (χ3n) is 3.84. The van der Waals surface area contributed by atoms with Crippen LogP contribution < -0.4 is 14.4 Å². The van der Waals surface area contributed by atoms with Gasteiger partial charge >= 0.3 is 0 Å². The van der Waals surface area contributed by atoms with E-state index in [2.05, 4.69) is 22.9 Å². The summed E-state index contributed by atoms with van der Waals surface area (Å²) < 4.78 is 12.6. The van der Waals surface area contributed by atoms with Crippen molar-refractivity contribution in [2.45, 2.75) is 13.3 Å². The van der Waals surface area contributed by atoms with Crippen molar-refractivity contribution < 1.29 is 14.3 Å². The third kappa shape index (κ3) is 4.36. The molecule has 4 nitrogen and oxygen atoms in total. The molecule has 7 heteroatoms. The topological polar surface area (TPSA) is 38.8 Å². The van der Waals surface area contributed by atoms with Crippen LogP contribution >= 0.6 is 39.9 Å². The van der Waals surface area contributed by atoms with Gasteiger partial charge < -0.3 is 9.47 Å². The summed E-state index contributed by atoms with van der Waals surface area (Å²) in [5.41, 5.74) is 1.47. The second kappa shape index (κ2) is 8.91. The van der Waals surface area contributed by atoms with Gasteiger partial charge in [-0.05, 0) is 42.8 Å². The smallest absolute Gasteiger partial charge is 0.270 e. The van der Waals surface area contributed by atoms with E-state index in [0.29, 0.717) is 27.3 Å². The molecule has 0 saturated carbocycles. The standard InChI is InChI=1S/C20H18BrNO3S2/c1-3-10-25-16-9-8-14(21)11-13(16)12-18-19(23)22(20(26)27-18)15-6-4-5-7-17(15)24-2/h4-9,11-12H,3,10H2,1-2H3/b18-12+. The number of anilines is 1. The Morgan fingerprint density at radius 3 is 2.74 bits per heavy atom. The number of methoxy groups -OCH3 is 1. The minimum absolute atomic E-state index is 0.170. The van der Waals surface area contributed by atoms with E-state index >= 15 is 0 Å². The van der Waals surface area contributed by atoms with Crippen LogP contribution in [-0.2, 0) is 4.79 Å². The lowest BCUT2D eigenvalue weighted by Crippen LogP contribution is -2.27. The van der Waals surface area contributed by atoms with Crippen LogP contribution in [0.1, 0.15) is 18.9 Å². The lowest BCUT2D eigenvalue weighted by molar-refractivity contribution is -0.113. The Labute approximate surface area is 176 Å². The molecule has 2 aromatic carbocycles. The van der Waals surface area contributed by atoms with E-state index in [1.807, 2.05) is 48.5 Å². The number of carbonyl (C=O) groups excluding carboxylic acids is 1. The van der Waals surface area contributed by atoms with Crippen LogP contribution in [0.3, 0.4) is 0 Å². The average molecular weight is 464 g/mol. The average Bonchev–Trinajstić information content (AvgIpc) is 2.94. The number of ether oxygens (including phenoxy) is 2. The maximum atomic E-state index is 13.0. The fraction of sp³-hybridized carbons (Fsp3) is 0.200. The number of benzene rings is 2. The van der Waals surface area contributed by atoms with Gasteiger partial charge in [0.2, 0.25) is 0 Å². The number of rotatable bonds is 6. The van der Waals surface area contributed by atoms with Crippen molar-refractivity contribution in [3.8, 4) is 11.5 Å².